The predicted molar refractivity (Wildman–Crippen MR) is 104 cm³/mol. The van der Waals surface area contributed by atoms with Crippen LogP contribution in [0.25, 0.3) is 11.0 Å². The maximum atomic E-state index is 12.2. The Balaban J connectivity index is 1.64. The van der Waals surface area contributed by atoms with E-state index in [0.717, 1.165) is 22.3 Å². The standard InChI is InChI=1S/C18H18N4O4S/c1-3-26-13-6-7-14-16(9-13)21-18(20-14)27-10-17(23)19-15-8-12(22(24)25)5-4-11(15)2/h4-9H,3,10H2,1-2H3,(H,19,23)(H,20,21). The molecule has 0 radical (unpaired) electrons. The van der Waals surface area contributed by atoms with Gasteiger partial charge in [-0.25, -0.2) is 4.98 Å². The van der Waals surface area contributed by atoms with Gasteiger partial charge < -0.3 is 15.0 Å². The summed E-state index contributed by atoms with van der Waals surface area (Å²) in [5.41, 5.74) is 2.74. The van der Waals surface area contributed by atoms with Crippen LogP contribution in [-0.4, -0.2) is 33.2 Å². The van der Waals surface area contributed by atoms with Crippen LogP contribution in [0.15, 0.2) is 41.6 Å². The zero-order valence-electron chi connectivity index (χ0n) is 14.8. The number of aryl methyl sites for hydroxylation is 1. The molecule has 0 bridgehead atoms. The highest BCUT2D eigenvalue weighted by atomic mass is 32.2. The molecule has 140 valence electrons. The normalized spacial score (nSPS) is 10.7. The lowest BCUT2D eigenvalue weighted by Crippen LogP contribution is -2.15. The number of nitrogens with one attached hydrogen (secondary N) is 2. The largest absolute Gasteiger partial charge is 0.494 e. The van der Waals surface area contributed by atoms with Gasteiger partial charge in [0.2, 0.25) is 5.91 Å². The number of thioether (sulfide) groups is 1. The van der Waals surface area contributed by atoms with Crippen molar-refractivity contribution < 1.29 is 14.5 Å². The zero-order chi connectivity index (χ0) is 19.4. The van der Waals surface area contributed by atoms with Crippen molar-refractivity contribution in [3.63, 3.8) is 0 Å². The summed E-state index contributed by atoms with van der Waals surface area (Å²) in [6.07, 6.45) is 0. The van der Waals surface area contributed by atoms with E-state index in [0.29, 0.717) is 17.5 Å². The topological polar surface area (TPSA) is 110 Å². The van der Waals surface area contributed by atoms with Gasteiger partial charge in [-0.05, 0) is 31.5 Å². The minimum Gasteiger partial charge on any atom is -0.494 e. The van der Waals surface area contributed by atoms with Crippen molar-refractivity contribution in [2.45, 2.75) is 19.0 Å². The van der Waals surface area contributed by atoms with E-state index < -0.39 is 4.92 Å². The minimum absolute atomic E-state index is 0.0639. The highest BCUT2D eigenvalue weighted by Gasteiger charge is 2.12. The molecule has 0 spiro atoms. The van der Waals surface area contributed by atoms with Crippen molar-refractivity contribution in [3.05, 3.63) is 52.1 Å². The molecule has 3 aromatic rings. The number of rotatable bonds is 7. The number of nitro groups is 1. The molecule has 0 aliphatic rings. The molecule has 27 heavy (non-hydrogen) atoms. The van der Waals surface area contributed by atoms with E-state index in [-0.39, 0.29) is 17.3 Å². The Kier molecular flexibility index (Phi) is 5.60. The number of ether oxygens (including phenoxy) is 1. The summed E-state index contributed by atoms with van der Waals surface area (Å²) in [7, 11) is 0. The van der Waals surface area contributed by atoms with E-state index in [1.807, 2.05) is 25.1 Å². The zero-order valence-corrected chi connectivity index (χ0v) is 15.6. The van der Waals surface area contributed by atoms with Gasteiger partial charge in [-0.1, -0.05) is 17.8 Å². The van der Waals surface area contributed by atoms with Crippen molar-refractivity contribution in [3.8, 4) is 5.75 Å². The van der Waals surface area contributed by atoms with Crippen LogP contribution in [-0.2, 0) is 4.79 Å². The number of hydrogen-bond acceptors (Lipinski definition) is 6. The maximum Gasteiger partial charge on any atom is 0.271 e. The molecule has 2 N–H and O–H groups in total. The third-order valence-corrected chi connectivity index (χ3v) is 4.66. The van der Waals surface area contributed by atoms with Gasteiger partial charge >= 0.3 is 0 Å². The molecule has 9 heteroatoms. The van der Waals surface area contributed by atoms with Gasteiger partial charge in [-0.2, -0.15) is 0 Å². The van der Waals surface area contributed by atoms with E-state index >= 15 is 0 Å². The van der Waals surface area contributed by atoms with Crippen LogP contribution in [0, 0.1) is 17.0 Å². The fourth-order valence-electron chi connectivity index (χ4n) is 2.47. The van der Waals surface area contributed by atoms with E-state index in [4.69, 9.17) is 4.74 Å². The molecule has 2 aromatic carbocycles. The molecule has 0 aliphatic carbocycles. The molecular weight excluding hydrogens is 368 g/mol. The Labute approximate surface area is 159 Å². The lowest BCUT2D eigenvalue weighted by molar-refractivity contribution is -0.384. The van der Waals surface area contributed by atoms with Crippen molar-refractivity contribution in [2.75, 3.05) is 17.7 Å². The van der Waals surface area contributed by atoms with Crippen LogP contribution in [0.1, 0.15) is 12.5 Å². The monoisotopic (exact) mass is 386 g/mol. The number of non-ortho nitro benzene ring substituents is 1. The number of carbonyl (C=O) groups is 1. The van der Waals surface area contributed by atoms with Gasteiger partial charge in [0, 0.05) is 18.2 Å². The van der Waals surface area contributed by atoms with E-state index in [2.05, 4.69) is 15.3 Å². The highest BCUT2D eigenvalue weighted by molar-refractivity contribution is 7.99. The fourth-order valence-corrected chi connectivity index (χ4v) is 3.15. The molecule has 0 aliphatic heterocycles. The van der Waals surface area contributed by atoms with Crippen molar-refractivity contribution in [2.24, 2.45) is 0 Å². The molecule has 0 saturated heterocycles. The van der Waals surface area contributed by atoms with Crippen LogP contribution >= 0.6 is 11.8 Å². The van der Waals surface area contributed by atoms with Gasteiger partial charge in [0.05, 0.1) is 34.0 Å². The summed E-state index contributed by atoms with van der Waals surface area (Å²) >= 11 is 1.26. The Hall–Kier alpha value is -3.07. The molecular formula is C18H18N4O4S. The number of H-pyrrole nitrogens is 1. The van der Waals surface area contributed by atoms with Crippen molar-refractivity contribution >= 4 is 40.1 Å². The first kappa shape index (κ1) is 18.7. The van der Waals surface area contributed by atoms with Crippen molar-refractivity contribution in [1.82, 2.24) is 9.97 Å². The number of amides is 1. The van der Waals surface area contributed by atoms with Crippen LogP contribution in [0.5, 0.6) is 5.75 Å². The molecule has 1 aromatic heterocycles. The average molecular weight is 386 g/mol. The number of aromatic amines is 1. The number of fused-ring (bicyclic) bond motifs is 1. The highest BCUT2D eigenvalue weighted by Crippen LogP contribution is 2.25. The Morgan fingerprint density at radius 3 is 2.89 bits per heavy atom. The van der Waals surface area contributed by atoms with Gasteiger partial charge in [-0.15, -0.1) is 0 Å². The molecule has 1 heterocycles. The SMILES string of the molecule is CCOc1ccc2nc(SCC(=O)Nc3cc([N+](=O)[O-])ccc3C)[nH]c2c1. The van der Waals surface area contributed by atoms with Crippen LogP contribution in [0.3, 0.4) is 0 Å². The molecule has 0 fully saturated rings. The van der Waals surface area contributed by atoms with Crippen LogP contribution < -0.4 is 10.1 Å². The van der Waals surface area contributed by atoms with Crippen molar-refractivity contribution in [1.29, 1.82) is 0 Å². The number of benzene rings is 2. The first-order chi connectivity index (χ1) is 13.0. The average Bonchev–Trinajstić information content (AvgIpc) is 3.04. The molecule has 0 saturated carbocycles. The smallest absolute Gasteiger partial charge is 0.271 e. The molecule has 3 rings (SSSR count). The molecule has 1 amide bonds. The number of hydrogen-bond donors (Lipinski definition) is 2. The Morgan fingerprint density at radius 1 is 1.33 bits per heavy atom. The summed E-state index contributed by atoms with van der Waals surface area (Å²) in [5, 5.41) is 14.2. The minimum atomic E-state index is -0.491. The van der Waals surface area contributed by atoms with Crippen LogP contribution in [0.4, 0.5) is 11.4 Å². The second-order valence-corrected chi connectivity index (χ2v) is 6.71. The predicted octanol–water partition coefficient (Wildman–Crippen LogP) is 3.91. The summed E-state index contributed by atoms with van der Waals surface area (Å²) in [4.78, 5) is 30.2. The number of nitro benzene ring substituents is 1. The second kappa shape index (κ2) is 8.09. The fraction of sp³-hybridized carbons (Fsp3) is 0.222. The summed E-state index contributed by atoms with van der Waals surface area (Å²) < 4.78 is 5.46. The summed E-state index contributed by atoms with van der Waals surface area (Å²) in [6.45, 7) is 4.28. The maximum absolute atomic E-state index is 12.2. The molecule has 0 atom stereocenters. The van der Waals surface area contributed by atoms with Gasteiger partial charge in [0.1, 0.15) is 5.75 Å². The second-order valence-electron chi connectivity index (χ2n) is 5.75. The van der Waals surface area contributed by atoms with Gasteiger partial charge in [0.25, 0.3) is 5.69 Å². The Bertz CT molecular complexity index is 1000. The lowest BCUT2D eigenvalue weighted by atomic mass is 10.2. The number of nitrogens with zero attached hydrogens (tertiary/aromatic N) is 2. The molecule has 0 unspecified atom stereocenters. The Morgan fingerprint density at radius 2 is 2.15 bits per heavy atom. The third-order valence-electron chi connectivity index (χ3n) is 3.79. The first-order valence-corrected chi connectivity index (χ1v) is 9.25. The van der Waals surface area contributed by atoms with Crippen LogP contribution in [0.2, 0.25) is 0 Å². The van der Waals surface area contributed by atoms with E-state index in [1.54, 1.807) is 13.0 Å². The van der Waals surface area contributed by atoms with Gasteiger partial charge in [0.15, 0.2) is 5.16 Å². The summed E-state index contributed by atoms with van der Waals surface area (Å²) in [6, 6.07) is 9.93. The quantitative estimate of drug-likeness (QED) is 0.362. The van der Waals surface area contributed by atoms with Gasteiger partial charge in [-0.3, -0.25) is 14.9 Å². The summed E-state index contributed by atoms with van der Waals surface area (Å²) in [5.74, 6) is 0.614. The lowest BCUT2D eigenvalue weighted by Gasteiger charge is -2.07. The number of aromatic nitrogens is 2. The number of imidazole rings is 1. The number of anilines is 1. The number of carbonyl (C=O) groups excluding carboxylic acids is 1. The first-order valence-electron chi connectivity index (χ1n) is 8.26. The third kappa shape index (κ3) is 4.56. The van der Waals surface area contributed by atoms with E-state index in [1.165, 1.54) is 23.9 Å². The van der Waals surface area contributed by atoms with E-state index in [9.17, 15) is 14.9 Å². The molecule has 8 nitrogen and oxygen atoms in total.